The number of allylic oxidation sites excluding steroid dienone is 4. The largest absolute Gasteiger partial charge is 0.344 e. The van der Waals surface area contributed by atoms with Crippen molar-refractivity contribution in [1.82, 2.24) is 0 Å². The van der Waals surface area contributed by atoms with Gasteiger partial charge in [0.25, 0.3) is 0 Å². The summed E-state index contributed by atoms with van der Waals surface area (Å²) in [5, 5.41) is 0. The van der Waals surface area contributed by atoms with Crippen molar-refractivity contribution < 1.29 is 33.5 Å². The van der Waals surface area contributed by atoms with Gasteiger partial charge >= 0.3 is 0 Å². The summed E-state index contributed by atoms with van der Waals surface area (Å²) in [6, 6.07) is 18.4. The van der Waals surface area contributed by atoms with E-state index in [1.165, 1.54) is 239 Å². The monoisotopic (exact) mass is 933 g/mol. The second-order valence-corrected chi connectivity index (χ2v) is 21.6. The molecule has 0 aliphatic carbocycles. The van der Waals surface area contributed by atoms with Crippen LogP contribution in [-0.2, 0) is 10.8 Å². The van der Waals surface area contributed by atoms with Crippen LogP contribution >= 0.6 is 0 Å². The zero-order chi connectivity index (χ0) is 47.9. The Labute approximate surface area is 408 Å². The number of benzene rings is 2. The van der Waals surface area contributed by atoms with Crippen LogP contribution < -0.4 is 23.5 Å². The molecule has 0 saturated carbocycles. The van der Waals surface area contributed by atoms with E-state index in [0.29, 0.717) is 0 Å². The molecular formula is C59H97ClN2O4. The average molecular weight is 934 g/mol. The van der Waals surface area contributed by atoms with Gasteiger partial charge in [0.2, 0.25) is 5.69 Å². The molecule has 2 heterocycles. The maximum absolute atomic E-state index is 8.49. The molecule has 0 radical (unpaired) electrons. The summed E-state index contributed by atoms with van der Waals surface area (Å²) < 4.78 is 36.6. The van der Waals surface area contributed by atoms with Gasteiger partial charge in [0, 0.05) is 47.5 Å². The first-order valence-corrected chi connectivity index (χ1v) is 28.7. The quantitative estimate of drug-likeness (QED) is 0.0501. The fourth-order valence-corrected chi connectivity index (χ4v) is 10.6. The summed E-state index contributed by atoms with van der Waals surface area (Å²) in [4.78, 5) is 2.66. The second kappa shape index (κ2) is 33.1. The maximum Gasteiger partial charge on any atom is 0.209 e. The number of hydrogen-bond donors (Lipinski definition) is 0. The highest BCUT2D eigenvalue weighted by atomic mass is 35.7. The molecule has 0 fully saturated rings. The third-order valence-electron chi connectivity index (χ3n) is 14.6. The number of rotatable bonds is 36. The van der Waals surface area contributed by atoms with Crippen LogP contribution in [0.15, 0.2) is 72.5 Å². The maximum atomic E-state index is 8.49. The van der Waals surface area contributed by atoms with Crippen molar-refractivity contribution in [2.75, 3.05) is 18.0 Å². The zero-order valence-corrected chi connectivity index (χ0v) is 44.1. The summed E-state index contributed by atoms with van der Waals surface area (Å²) in [7, 11) is -4.94. The fraction of sp³-hybridized carbons (Fsp3) is 0.712. The number of halogens is 1. The van der Waals surface area contributed by atoms with Crippen molar-refractivity contribution in [3.63, 3.8) is 0 Å². The molecule has 0 spiro atoms. The van der Waals surface area contributed by atoms with E-state index in [-0.39, 0.29) is 10.8 Å². The lowest BCUT2D eigenvalue weighted by molar-refractivity contribution is -2.00. The van der Waals surface area contributed by atoms with Crippen LogP contribution in [0.3, 0.4) is 0 Å². The Bertz CT molecular complexity index is 1670. The van der Waals surface area contributed by atoms with Crippen LogP contribution in [0, 0.1) is 10.2 Å². The number of fused-ring (bicyclic) bond motifs is 2. The van der Waals surface area contributed by atoms with Gasteiger partial charge in [-0.3, -0.25) is 0 Å². The number of hydrogen-bond acceptors (Lipinski definition) is 5. The fourth-order valence-electron chi connectivity index (χ4n) is 10.6. The molecule has 0 N–H and O–H groups in total. The predicted molar refractivity (Wildman–Crippen MR) is 272 cm³/mol. The molecule has 0 saturated heterocycles. The van der Waals surface area contributed by atoms with Gasteiger partial charge in [-0.1, -0.05) is 256 Å². The highest BCUT2D eigenvalue weighted by Crippen LogP contribution is 2.48. The summed E-state index contributed by atoms with van der Waals surface area (Å²) in [6.07, 6.45) is 52.6. The van der Waals surface area contributed by atoms with Crippen molar-refractivity contribution >= 4 is 17.1 Å². The first-order chi connectivity index (χ1) is 31.8. The van der Waals surface area contributed by atoms with Gasteiger partial charge in [-0.2, -0.15) is 4.58 Å². The topological polar surface area (TPSA) is 98.5 Å². The van der Waals surface area contributed by atoms with Gasteiger partial charge in [0.1, 0.15) is 6.54 Å². The van der Waals surface area contributed by atoms with Crippen molar-refractivity contribution in [2.24, 2.45) is 0 Å². The predicted octanol–water partition coefficient (Wildman–Crippen LogP) is 14.1. The molecule has 7 heteroatoms. The Morgan fingerprint density at radius 1 is 0.470 bits per heavy atom. The lowest BCUT2D eigenvalue weighted by Gasteiger charge is -2.27. The normalized spacial score (nSPS) is 15.8. The molecule has 2 aromatic carbocycles. The van der Waals surface area contributed by atoms with E-state index < -0.39 is 10.2 Å². The molecule has 2 aromatic rings. The number of nitrogens with zero attached hydrogens (tertiary/aromatic N) is 2. The molecular weight excluding hydrogens is 836 g/mol. The Balaban J connectivity index is 0.00000219. The molecule has 66 heavy (non-hydrogen) atoms. The van der Waals surface area contributed by atoms with Gasteiger partial charge in [-0.05, 0) is 44.4 Å². The van der Waals surface area contributed by atoms with E-state index in [2.05, 4.69) is 118 Å². The number of para-hydroxylation sites is 2. The lowest BCUT2D eigenvalue weighted by Crippen LogP contribution is -2.68. The molecule has 0 bridgehead atoms. The van der Waals surface area contributed by atoms with Crippen LogP contribution in [0.2, 0.25) is 0 Å². The van der Waals surface area contributed by atoms with E-state index in [9.17, 15) is 0 Å². The average Bonchev–Trinajstić information content (AvgIpc) is 3.63. The van der Waals surface area contributed by atoms with Crippen molar-refractivity contribution in [3.8, 4) is 0 Å². The third-order valence-corrected chi connectivity index (χ3v) is 14.6. The minimum absolute atomic E-state index is 0.0119. The minimum Gasteiger partial charge on any atom is -0.344 e. The van der Waals surface area contributed by atoms with Crippen molar-refractivity contribution in [1.29, 1.82) is 0 Å². The van der Waals surface area contributed by atoms with Crippen LogP contribution in [-0.4, -0.2) is 23.4 Å². The molecule has 4 rings (SSSR count). The highest BCUT2D eigenvalue weighted by molar-refractivity contribution is 6.03. The van der Waals surface area contributed by atoms with Gasteiger partial charge in [-0.25, -0.2) is 18.6 Å². The van der Waals surface area contributed by atoms with Crippen LogP contribution in [0.4, 0.5) is 11.4 Å². The Morgan fingerprint density at radius 2 is 0.833 bits per heavy atom. The molecule has 6 nitrogen and oxygen atoms in total. The van der Waals surface area contributed by atoms with E-state index in [1.54, 1.807) is 0 Å². The van der Waals surface area contributed by atoms with Crippen molar-refractivity contribution in [2.45, 2.75) is 258 Å². The van der Waals surface area contributed by atoms with Gasteiger partial charge in [-0.15, -0.1) is 10.2 Å². The zero-order valence-electron chi connectivity index (χ0n) is 43.3. The number of unbranched alkanes of at least 4 members (excludes halogenated alkanes) is 30. The number of anilines is 1. The Kier molecular flexibility index (Phi) is 29.0. The first kappa shape index (κ1) is 57.8. The smallest absolute Gasteiger partial charge is 0.209 e. The SMILES string of the molecule is CCCCCCCCCCCCCCCCCCN1/C(=C/C=C/C2=[N+](CCCCCCCCCCCCCCCCCC)c3ccccc3C2(C)C)C(C)(C)c2ccccc21.[O-][Cl+3]([O-])([O-])[O-]. The molecule has 374 valence electrons. The molecule has 2 aliphatic heterocycles. The molecule has 0 unspecified atom stereocenters. The second-order valence-electron chi connectivity index (χ2n) is 20.9. The molecule has 2 aliphatic rings. The van der Waals surface area contributed by atoms with Gasteiger partial charge < -0.3 is 4.90 Å². The van der Waals surface area contributed by atoms with E-state index in [4.69, 9.17) is 18.6 Å². The van der Waals surface area contributed by atoms with E-state index in [0.717, 1.165) is 13.1 Å². The molecule has 0 atom stereocenters. The van der Waals surface area contributed by atoms with Crippen LogP contribution in [0.1, 0.15) is 258 Å². The summed E-state index contributed by atoms with van der Waals surface area (Å²) in [6.45, 7) is 16.6. The lowest BCUT2D eigenvalue weighted by atomic mass is 9.81. The summed E-state index contributed by atoms with van der Waals surface area (Å²) in [5.41, 5.74) is 8.65. The Morgan fingerprint density at radius 3 is 1.27 bits per heavy atom. The standard InChI is InChI=1S/C59H97N2.ClHO4/c1-7-9-11-13-15-17-19-21-23-25-27-29-31-33-35-41-50-60-54-46-39-37-44-52(54)58(3,4)56(60)48-43-49-57-59(5,6)53-45-38-40-47-55(53)61(57)51-42-36-34-32-30-28-26-24-22-20-18-16-14-12-10-8-2;2-1(3,4)5/h37-40,43-49H,7-36,41-42,50-51H2,1-6H3;(H,2,3,4,5)/q+1;/p-1. The minimum atomic E-state index is -4.94. The molecule has 0 aromatic heterocycles. The summed E-state index contributed by atoms with van der Waals surface area (Å²) in [5.74, 6) is 0. The van der Waals surface area contributed by atoms with Gasteiger partial charge in [0.15, 0.2) is 5.71 Å². The van der Waals surface area contributed by atoms with Crippen LogP contribution in [0.5, 0.6) is 0 Å². The van der Waals surface area contributed by atoms with Gasteiger partial charge in [0.05, 0.1) is 5.41 Å². The first-order valence-electron chi connectivity index (χ1n) is 27.5. The molecule has 0 amide bonds. The highest BCUT2D eigenvalue weighted by Gasteiger charge is 2.44. The van der Waals surface area contributed by atoms with E-state index >= 15 is 0 Å². The van der Waals surface area contributed by atoms with Crippen molar-refractivity contribution in [3.05, 3.63) is 83.6 Å². The third kappa shape index (κ3) is 21.9. The van der Waals surface area contributed by atoms with E-state index in [1.807, 2.05) is 0 Å². The van der Waals surface area contributed by atoms with Crippen LogP contribution in [0.25, 0.3) is 0 Å². The summed E-state index contributed by atoms with van der Waals surface area (Å²) >= 11 is 0. The Hall–Kier alpha value is -2.48.